The van der Waals surface area contributed by atoms with Gasteiger partial charge in [0.05, 0.1) is 25.9 Å². The zero-order chi connectivity index (χ0) is 19.9. The first-order valence-electron chi connectivity index (χ1n) is 9.57. The van der Waals surface area contributed by atoms with Crippen LogP contribution in [0, 0.1) is 0 Å². The van der Waals surface area contributed by atoms with E-state index >= 15 is 0 Å². The van der Waals surface area contributed by atoms with Gasteiger partial charge in [0, 0.05) is 19.6 Å². The van der Waals surface area contributed by atoms with Crippen molar-refractivity contribution in [3.63, 3.8) is 0 Å². The molecule has 0 unspecified atom stereocenters. The number of hydrogen-bond donors (Lipinski definition) is 1. The predicted molar refractivity (Wildman–Crippen MR) is 107 cm³/mol. The fourth-order valence-corrected chi connectivity index (χ4v) is 3.17. The van der Waals surface area contributed by atoms with Gasteiger partial charge in [0.25, 0.3) is 0 Å². The first-order valence-corrected chi connectivity index (χ1v) is 9.57. The zero-order valence-corrected chi connectivity index (χ0v) is 16.8. The van der Waals surface area contributed by atoms with Gasteiger partial charge in [-0.3, -0.25) is 4.90 Å². The van der Waals surface area contributed by atoms with E-state index in [1.807, 2.05) is 50.2 Å². The van der Waals surface area contributed by atoms with Gasteiger partial charge in [0.15, 0.2) is 11.5 Å². The molecule has 6 nitrogen and oxygen atoms in total. The van der Waals surface area contributed by atoms with Gasteiger partial charge in [0.1, 0.15) is 5.75 Å². The molecule has 1 N–H and O–H groups in total. The van der Waals surface area contributed by atoms with Crippen LogP contribution in [0.1, 0.15) is 25.0 Å². The quantitative estimate of drug-likeness (QED) is 0.676. The van der Waals surface area contributed by atoms with E-state index < -0.39 is 6.10 Å². The molecule has 28 heavy (non-hydrogen) atoms. The van der Waals surface area contributed by atoms with Crippen LogP contribution in [0.3, 0.4) is 0 Å². The third-order valence-electron chi connectivity index (χ3n) is 4.47. The molecular weight excluding hydrogens is 358 g/mol. The summed E-state index contributed by atoms with van der Waals surface area (Å²) in [5.41, 5.74) is 2.22. The molecule has 2 aromatic carbocycles. The summed E-state index contributed by atoms with van der Waals surface area (Å²) in [4.78, 5) is 2.20. The van der Waals surface area contributed by atoms with Crippen molar-refractivity contribution in [2.75, 3.05) is 27.1 Å². The monoisotopic (exact) mass is 387 g/mol. The largest absolute Gasteiger partial charge is 0.497 e. The molecule has 1 heterocycles. The highest BCUT2D eigenvalue weighted by molar-refractivity contribution is 5.44. The molecule has 0 aromatic heterocycles. The summed E-state index contributed by atoms with van der Waals surface area (Å²) < 4.78 is 21.8. The van der Waals surface area contributed by atoms with E-state index in [1.165, 1.54) is 0 Å². The average Bonchev–Trinajstić information content (AvgIpc) is 3.14. The Balaban J connectivity index is 1.71. The second kappa shape index (κ2) is 9.78. The van der Waals surface area contributed by atoms with Crippen LogP contribution in [0.15, 0.2) is 42.5 Å². The number of rotatable bonds is 10. The molecule has 1 aliphatic heterocycles. The molecule has 1 atom stereocenters. The van der Waals surface area contributed by atoms with Crippen LogP contribution in [0.25, 0.3) is 0 Å². The van der Waals surface area contributed by atoms with Crippen molar-refractivity contribution in [3.05, 3.63) is 53.6 Å². The van der Waals surface area contributed by atoms with Gasteiger partial charge in [-0.25, -0.2) is 0 Å². The Kier molecular flexibility index (Phi) is 7.14. The smallest absolute Gasteiger partial charge is 0.231 e. The summed E-state index contributed by atoms with van der Waals surface area (Å²) in [5.74, 6) is 2.36. The minimum Gasteiger partial charge on any atom is -0.497 e. The maximum Gasteiger partial charge on any atom is 0.231 e. The SMILES string of the molecule is COc1cccc(CN(Cc2ccc3c(c2)OCO3)C[C@@H](O)COC(C)C)c1. The second-order valence-corrected chi connectivity index (χ2v) is 7.24. The number of aliphatic hydroxyl groups excluding tert-OH is 1. The third kappa shape index (κ3) is 5.86. The topological polar surface area (TPSA) is 60.4 Å². The third-order valence-corrected chi connectivity index (χ3v) is 4.47. The minimum absolute atomic E-state index is 0.0929. The van der Waals surface area contributed by atoms with E-state index in [1.54, 1.807) is 7.11 Å². The summed E-state index contributed by atoms with van der Waals surface area (Å²) in [6.07, 6.45) is -0.475. The lowest BCUT2D eigenvalue weighted by molar-refractivity contribution is -0.0106. The Hall–Kier alpha value is -2.28. The maximum absolute atomic E-state index is 10.4. The molecule has 0 amide bonds. The van der Waals surface area contributed by atoms with Crippen LogP contribution in [0.4, 0.5) is 0 Å². The average molecular weight is 387 g/mol. The lowest BCUT2D eigenvalue weighted by Gasteiger charge is -2.26. The molecule has 0 fully saturated rings. The van der Waals surface area contributed by atoms with E-state index in [4.69, 9.17) is 18.9 Å². The number of fused-ring (bicyclic) bond motifs is 1. The molecule has 0 aliphatic carbocycles. The molecule has 6 heteroatoms. The summed E-state index contributed by atoms with van der Waals surface area (Å²) in [6.45, 7) is 6.36. The summed E-state index contributed by atoms with van der Waals surface area (Å²) in [5, 5.41) is 10.4. The molecule has 0 spiro atoms. The van der Waals surface area contributed by atoms with Crippen molar-refractivity contribution in [1.82, 2.24) is 4.90 Å². The number of ether oxygens (including phenoxy) is 4. The van der Waals surface area contributed by atoms with Crippen molar-refractivity contribution in [2.24, 2.45) is 0 Å². The van der Waals surface area contributed by atoms with E-state index in [-0.39, 0.29) is 12.9 Å². The molecule has 0 bridgehead atoms. The number of aliphatic hydroxyl groups is 1. The maximum atomic E-state index is 10.4. The summed E-state index contributed by atoms with van der Waals surface area (Å²) in [7, 11) is 1.66. The molecule has 0 radical (unpaired) electrons. The van der Waals surface area contributed by atoms with Crippen LogP contribution in [0.5, 0.6) is 17.2 Å². The minimum atomic E-state index is -0.568. The number of hydrogen-bond acceptors (Lipinski definition) is 6. The highest BCUT2D eigenvalue weighted by Crippen LogP contribution is 2.33. The fourth-order valence-electron chi connectivity index (χ4n) is 3.17. The van der Waals surface area contributed by atoms with Gasteiger partial charge in [-0.1, -0.05) is 18.2 Å². The Morgan fingerprint density at radius 3 is 2.54 bits per heavy atom. The molecule has 152 valence electrons. The summed E-state index contributed by atoms with van der Waals surface area (Å²) in [6, 6.07) is 13.9. The highest BCUT2D eigenvalue weighted by Gasteiger charge is 2.17. The van der Waals surface area contributed by atoms with Gasteiger partial charge in [-0.15, -0.1) is 0 Å². The number of nitrogens with zero attached hydrogens (tertiary/aromatic N) is 1. The van der Waals surface area contributed by atoms with Crippen LogP contribution in [0.2, 0.25) is 0 Å². The summed E-state index contributed by atoms with van der Waals surface area (Å²) >= 11 is 0. The lowest BCUT2D eigenvalue weighted by Crippen LogP contribution is -2.34. The van der Waals surface area contributed by atoms with Gasteiger partial charge in [0.2, 0.25) is 6.79 Å². The predicted octanol–water partition coefficient (Wildman–Crippen LogP) is 3.21. The van der Waals surface area contributed by atoms with Crippen molar-refractivity contribution >= 4 is 0 Å². The molecule has 1 aliphatic rings. The zero-order valence-electron chi connectivity index (χ0n) is 16.8. The van der Waals surface area contributed by atoms with Crippen LogP contribution in [-0.4, -0.2) is 49.3 Å². The van der Waals surface area contributed by atoms with Crippen molar-refractivity contribution < 1.29 is 24.1 Å². The Bertz CT molecular complexity index is 764. The van der Waals surface area contributed by atoms with Crippen molar-refractivity contribution in [2.45, 2.75) is 39.1 Å². The first kappa shape index (κ1) is 20.5. The van der Waals surface area contributed by atoms with Crippen LogP contribution < -0.4 is 14.2 Å². The van der Waals surface area contributed by atoms with Crippen molar-refractivity contribution in [1.29, 1.82) is 0 Å². The highest BCUT2D eigenvalue weighted by atomic mass is 16.7. The van der Waals surface area contributed by atoms with Crippen molar-refractivity contribution in [3.8, 4) is 17.2 Å². The first-order chi connectivity index (χ1) is 13.5. The van der Waals surface area contributed by atoms with Gasteiger partial charge >= 0.3 is 0 Å². The van der Waals surface area contributed by atoms with Crippen LogP contribution >= 0.6 is 0 Å². The molecule has 0 saturated heterocycles. The molecular formula is C22H29NO5. The Morgan fingerprint density at radius 2 is 1.79 bits per heavy atom. The van der Waals surface area contributed by atoms with Crippen LogP contribution in [-0.2, 0) is 17.8 Å². The van der Waals surface area contributed by atoms with E-state index in [2.05, 4.69) is 11.0 Å². The van der Waals surface area contributed by atoms with Gasteiger partial charge in [-0.2, -0.15) is 0 Å². The molecule has 2 aromatic rings. The second-order valence-electron chi connectivity index (χ2n) is 7.24. The fraction of sp³-hybridized carbons (Fsp3) is 0.455. The normalized spacial score (nSPS) is 13.9. The van der Waals surface area contributed by atoms with E-state index in [0.717, 1.165) is 28.4 Å². The number of methoxy groups -OCH3 is 1. The lowest BCUT2D eigenvalue weighted by atomic mass is 10.1. The molecule has 0 saturated carbocycles. The standard InChI is InChI=1S/C22H29NO5/c1-16(2)26-14-19(24)13-23(11-17-5-4-6-20(9-17)25-3)12-18-7-8-21-22(10-18)28-15-27-21/h4-10,16,19,24H,11-15H2,1-3H3/t19-/m1/s1. The van der Waals surface area contributed by atoms with Gasteiger partial charge < -0.3 is 24.1 Å². The Morgan fingerprint density at radius 1 is 1.04 bits per heavy atom. The Labute approximate surface area is 166 Å². The van der Waals surface area contributed by atoms with E-state index in [0.29, 0.717) is 26.2 Å². The van der Waals surface area contributed by atoms with Gasteiger partial charge in [-0.05, 0) is 49.2 Å². The van der Waals surface area contributed by atoms with E-state index in [9.17, 15) is 5.11 Å². The number of benzene rings is 2. The molecule has 3 rings (SSSR count).